The Morgan fingerprint density at radius 2 is 1.86 bits per heavy atom. The Labute approximate surface area is 168 Å². The highest BCUT2D eigenvalue weighted by Crippen LogP contribution is 2.36. The van der Waals surface area contributed by atoms with Gasteiger partial charge >= 0.3 is 5.97 Å². The fourth-order valence-electron chi connectivity index (χ4n) is 3.71. The highest BCUT2D eigenvalue weighted by Gasteiger charge is 2.28. The molecule has 1 N–H and O–H groups in total. The Bertz CT molecular complexity index is 840. The molecule has 1 aromatic carbocycles. The lowest BCUT2D eigenvalue weighted by Gasteiger charge is -2.38. The molecule has 1 saturated heterocycles. The molecule has 1 aliphatic rings. The van der Waals surface area contributed by atoms with Crippen LogP contribution in [-0.4, -0.2) is 42.5 Å². The maximum absolute atomic E-state index is 13.2. The van der Waals surface area contributed by atoms with Gasteiger partial charge in [0.2, 0.25) is 5.91 Å². The number of carbonyl (C=O) groups is 2. The van der Waals surface area contributed by atoms with Gasteiger partial charge in [0.05, 0.1) is 13.7 Å². The van der Waals surface area contributed by atoms with Crippen LogP contribution in [-0.2, 0) is 9.53 Å². The van der Waals surface area contributed by atoms with Crippen LogP contribution in [0, 0.1) is 5.82 Å². The number of carbonyl (C=O) groups excluding carboxylic acids is 2. The van der Waals surface area contributed by atoms with Gasteiger partial charge in [-0.3, -0.25) is 9.69 Å². The first-order valence-electron chi connectivity index (χ1n) is 9.42. The highest BCUT2D eigenvalue weighted by atomic mass is 32.1. The van der Waals surface area contributed by atoms with Crippen LogP contribution >= 0.6 is 11.3 Å². The van der Waals surface area contributed by atoms with E-state index in [1.54, 1.807) is 17.5 Å². The number of nitrogens with one attached hydrogen (secondary N) is 1. The van der Waals surface area contributed by atoms with Gasteiger partial charge in [0.25, 0.3) is 0 Å². The number of esters is 1. The molecule has 0 saturated carbocycles. The molecule has 0 spiro atoms. The van der Waals surface area contributed by atoms with E-state index in [-0.39, 0.29) is 18.3 Å². The fourth-order valence-corrected chi connectivity index (χ4v) is 4.69. The second-order valence-corrected chi connectivity index (χ2v) is 8.08. The lowest BCUT2D eigenvalue weighted by atomic mass is 9.97. The second-order valence-electron chi connectivity index (χ2n) is 7.20. The smallest absolute Gasteiger partial charge is 0.341 e. The van der Waals surface area contributed by atoms with E-state index >= 15 is 0 Å². The van der Waals surface area contributed by atoms with Crippen molar-refractivity contribution in [3.63, 3.8) is 0 Å². The number of piperidine rings is 1. The molecule has 2 unspecified atom stereocenters. The first-order valence-corrected chi connectivity index (χ1v) is 10.3. The number of benzene rings is 1. The third-order valence-corrected chi connectivity index (χ3v) is 6.19. The summed E-state index contributed by atoms with van der Waals surface area (Å²) in [5.41, 5.74) is 1.61. The zero-order valence-electron chi connectivity index (χ0n) is 16.3. The minimum Gasteiger partial charge on any atom is -0.465 e. The summed E-state index contributed by atoms with van der Waals surface area (Å²) in [6.45, 7) is 4.56. The van der Waals surface area contributed by atoms with Crippen molar-refractivity contribution in [2.45, 2.75) is 45.2 Å². The maximum Gasteiger partial charge on any atom is 0.341 e. The Hall–Kier alpha value is -2.25. The minimum absolute atomic E-state index is 0.154. The average molecular weight is 405 g/mol. The van der Waals surface area contributed by atoms with Gasteiger partial charge in [-0.25, -0.2) is 9.18 Å². The SMILES string of the molecule is COC(=O)c1c(-c2ccc(F)cc2)csc1NC(=O)CN1C(C)CCCC1C. The number of nitrogens with zero attached hydrogens (tertiary/aromatic N) is 1. The van der Waals surface area contributed by atoms with Gasteiger partial charge in [-0.1, -0.05) is 18.6 Å². The third-order valence-electron chi connectivity index (χ3n) is 5.29. The molecule has 2 atom stereocenters. The molecule has 2 aromatic rings. The monoisotopic (exact) mass is 404 g/mol. The van der Waals surface area contributed by atoms with Gasteiger partial charge in [-0.2, -0.15) is 0 Å². The number of thiophene rings is 1. The van der Waals surface area contributed by atoms with Gasteiger partial charge in [0.1, 0.15) is 16.4 Å². The van der Waals surface area contributed by atoms with E-state index in [0.717, 1.165) is 12.8 Å². The number of hydrogen-bond acceptors (Lipinski definition) is 5. The number of rotatable bonds is 5. The predicted octanol–water partition coefficient (Wildman–Crippen LogP) is 4.54. The van der Waals surface area contributed by atoms with Crippen LogP contribution in [0.5, 0.6) is 0 Å². The quantitative estimate of drug-likeness (QED) is 0.743. The number of hydrogen-bond donors (Lipinski definition) is 1. The van der Waals surface area contributed by atoms with Crippen LogP contribution < -0.4 is 5.32 Å². The Morgan fingerprint density at radius 3 is 2.46 bits per heavy atom. The van der Waals surface area contributed by atoms with Crippen LogP contribution in [0.2, 0.25) is 0 Å². The average Bonchev–Trinajstić information content (AvgIpc) is 3.08. The lowest BCUT2D eigenvalue weighted by molar-refractivity contribution is -0.118. The number of likely N-dealkylation sites (tertiary alicyclic amines) is 1. The van der Waals surface area contributed by atoms with Crippen molar-refractivity contribution in [2.75, 3.05) is 19.0 Å². The van der Waals surface area contributed by atoms with Crippen molar-refractivity contribution in [2.24, 2.45) is 0 Å². The normalized spacial score (nSPS) is 20.0. The molecule has 150 valence electrons. The molecule has 3 rings (SSSR count). The summed E-state index contributed by atoms with van der Waals surface area (Å²) in [5.74, 6) is -1.04. The van der Waals surface area contributed by atoms with Crippen molar-refractivity contribution in [3.8, 4) is 11.1 Å². The number of methoxy groups -OCH3 is 1. The molecule has 7 heteroatoms. The number of anilines is 1. The van der Waals surface area contributed by atoms with Crippen LogP contribution in [0.15, 0.2) is 29.6 Å². The topological polar surface area (TPSA) is 58.6 Å². The zero-order valence-corrected chi connectivity index (χ0v) is 17.1. The summed E-state index contributed by atoms with van der Waals surface area (Å²) in [7, 11) is 1.30. The van der Waals surface area contributed by atoms with Crippen molar-refractivity contribution in [1.82, 2.24) is 4.90 Å². The van der Waals surface area contributed by atoms with Gasteiger partial charge < -0.3 is 10.1 Å². The fraction of sp³-hybridized carbons (Fsp3) is 0.429. The second kappa shape index (κ2) is 8.84. The molecule has 0 bridgehead atoms. The van der Waals surface area contributed by atoms with Crippen LogP contribution in [0.3, 0.4) is 0 Å². The first kappa shape index (κ1) is 20.5. The molecule has 0 aliphatic carbocycles. The zero-order chi connectivity index (χ0) is 20.3. The van der Waals surface area contributed by atoms with Crippen LogP contribution in [0.1, 0.15) is 43.5 Å². The van der Waals surface area contributed by atoms with E-state index in [4.69, 9.17) is 4.74 Å². The van der Waals surface area contributed by atoms with Crippen LogP contribution in [0.25, 0.3) is 11.1 Å². The van der Waals surface area contributed by atoms with Crippen molar-refractivity contribution >= 4 is 28.2 Å². The van der Waals surface area contributed by atoms with Gasteiger partial charge in [-0.15, -0.1) is 11.3 Å². The summed E-state index contributed by atoms with van der Waals surface area (Å²) in [6, 6.07) is 6.59. The van der Waals surface area contributed by atoms with Crippen molar-refractivity contribution in [1.29, 1.82) is 0 Å². The highest BCUT2D eigenvalue weighted by molar-refractivity contribution is 7.15. The van der Waals surface area contributed by atoms with E-state index in [0.29, 0.717) is 33.8 Å². The van der Waals surface area contributed by atoms with Crippen molar-refractivity contribution in [3.05, 3.63) is 41.0 Å². The van der Waals surface area contributed by atoms with E-state index in [1.165, 1.54) is 37.0 Å². The molecule has 1 aromatic heterocycles. The molecule has 28 heavy (non-hydrogen) atoms. The first-order chi connectivity index (χ1) is 13.4. The summed E-state index contributed by atoms with van der Waals surface area (Å²) >= 11 is 1.27. The van der Waals surface area contributed by atoms with E-state index in [1.807, 2.05) is 0 Å². The largest absolute Gasteiger partial charge is 0.465 e. The van der Waals surface area contributed by atoms with Gasteiger partial charge in [-0.05, 0) is 44.4 Å². The lowest BCUT2D eigenvalue weighted by Crippen LogP contribution is -2.47. The Morgan fingerprint density at radius 1 is 1.21 bits per heavy atom. The summed E-state index contributed by atoms with van der Waals surface area (Å²) in [5, 5.41) is 5.11. The predicted molar refractivity (Wildman–Crippen MR) is 109 cm³/mol. The summed E-state index contributed by atoms with van der Waals surface area (Å²) in [4.78, 5) is 27.3. The van der Waals surface area contributed by atoms with Crippen molar-refractivity contribution < 1.29 is 18.7 Å². The third kappa shape index (κ3) is 4.42. The molecular formula is C21H25FN2O3S. The Kier molecular flexibility index (Phi) is 6.46. The van der Waals surface area contributed by atoms with E-state index < -0.39 is 5.97 Å². The number of ether oxygens (including phenoxy) is 1. The molecule has 2 heterocycles. The molecule has 1 amide bonds. The molecule has 0 radical (unpaired) electrons. The Balaban J connectivity index is 1.82. The van der Waals surface area contributed by atoms with E-state index in [2.05, 4.69) is 24.1 Å². The number of halogens is 1. The number of amides is 1. The van der Waals surface area contributed by atoms with Crippen LogP contribution in [0.4, 0.5) is 9.39 Å². The summed E-state index contributed by atoms with van der Waals surface area (Å²) < 4.78 is 18.2. The van der Waals surface area contributed by atoms with Gasteiger partial charge in [0.15, 0.2) is 0 Å². The standard InChI is InChI=1S/C21H25FN2O3S/c1-13-5-4-6-14(2)24(13)11-18(25)23-20-19(21(26)27-3)17(12-28-20)15-7-9-16(22)10-8-15/h7-10,12-14H,4-6,11H2,1-3H3,(H,23,25). The minimum atomic E-state index is -0.532. The molecular weight excluding hydrogens is 379 g/mol. The summed E-state index contributed by atoms with van der Waals surface area (Å²) in [6.07, 6.45) is 3.34. The van der Waals surface area contributed by atoms with E-state index in [9.17, 15) is 14.0 Å². The molecule has 1 fully saturated rings. The molecule has 1 aliphatic heterocycles. The molecule has 5 nitrogen and oxygen atoms in total. The maximum atomic E-state index is 13.2. The van der Waals surface area contributed by atoms with Gasteiger partial charge in [0, 0.05) is 23.0 Å².